The Balaban J connectivity index is 1.47. The summed E-state index contributed by atoms with van der Waals surface area (Å²) in [6.45, 7) is 1.68. The van der Waals surface area contributed by atoms with Crippen LogP contribution >= 0.6 is 0 Å². The summed E-state index contributed by atoms with van der Waals surface area (Å²) in [5.41, 5.74) is 10.9. The monoisotopic (exact) mass is 380 g/mol. The number of nitrogens with two attached hydrogens (primary N) is 1. The maximum Gasteiger partial charge on any atom is 0.227 e. The Bertz CT molecular complexity index is 1040. The number of anilines is 2. The van der Waals surface area contributed by atoms with E-state index in [1.165, 1.54) is 29.8 Å². The summed E-state index contributed by atoms with van der Waals surface area (Å²) < 4.78 is 10.8. The topological polar surface area (TPSA) is 102 Å². The molecule has 1 aliphatic heterocycles. The molecule has 3 aromatic rings. The van der Waals surface area contributed by atoms with Crippen LogP contribution < -0.4 is 20.1 Å². The number of hydrogen-bond donors (Lipinski definition) is 2. The van der Waals surface area contributed by atoms with Crippen molar-refractivity contribution in [1.29, 1.82) is 0 Å². The number of aromatic nitrogens is 4. The second kappa shape index (κ2) is 6.54. The molecule has 0 bridgehead atoms. The molecule has 1 saturated carbocycles. The second-order valence-electron chi connectivity index (χ2n) is 7.46. The average molecular weight is 380 g/mol. The van der Waals surface area contributed by atoms with Gasteiger partial charge in [0.2, 0.25) is 5.95 Å². The molecule has 2 aliphatic rings. The Hall–Kier alpha value is -3.03. The van der Waals surface area contributed by atoms with Gasteiger partial charge in [0.25, 0.3) is 0 Å². The third-order valence-electron chi connectivity index (χ3n) is 5.71. The van der Waals surface area contributed by atoms with E-state index in [-0.39, 0.29) is 0 Å². The van der Waals surface area contributed by atoms with Gasteiger partial charge in [0.05, 0.1) is 25.4 Å². The first-order valence-electron chi connectivity index (χ1n) is 9.68. The summed E-state index contributed by atoms with van der Waals surface area (Å²) in [7, 11) is 3.22. The minimum Gasteiger partial charge on any atom is -0.493 e. The van der Waals surface area contributed by atoms with Crippen LogP contribution in [0.3, 0.4) is 0 Å². The molecule has 2 aromatic heterocycles. The van der Waals surface area contributed by atoms with E-state index in [1.807, 2.05) is 12.1 Å². The number of benzene rings is 1. The van der Waals surface area contributed by atoms with Crippen molar-refractivity contribution >= 4 is 22.7 Å². The van der Waals surface area contributed by atoms with Gasteiger partial charge in [-0.25, -0.2) is 4.98 Å². The van der Waals surface area contributed by atoms with Gasteiger partial charge in [0.15, 0.2) is 11.5 Å². The predicted octanol–water partition coefficient (Wildman–Crippen LogP) is 2.43. The van der Waals surface area contributed by atoms with E-state index in [0.717, 1.165) is 36.8 Å². The van der Waals surface area contributed by atoms with Crippen LogP contribution in [0.25, 0.3) is 10.9 Å². The lowest BCUT2D eigenvalue weighted by Gasteiger charge is -2.21. The molecular formula is C20H24N6O2. The smallest absolute Gasteiger partial charge is 0.227 e. The van der Waals surface area contributed by atoms with Gasteiger partial charge >= 0.3 is 0 Å². The van der Waals surface area contributed by atoms with Crippen LogP contribution in [0, 0.1) is 0 Å². The van der Waals surface area contributed by atoms with Gasteiger partial charge in [0.1, 0.15) is 5.82 Å². The van der Waals surface area contributed by atoms with Crippen LogP contribution in [0.2, 0.25) is 0 Å². The molecule has 8 nitrogen and oxygen atoms in total. The molecule has 28 heavy (non-hydrogen) atoms. The molecule has 0 spiro atoms. The van der Waals surface area contributed by atoms with Crippen molar-refractivity contribution in [3.8, 4) is 11.5 Å². The number of H-pyrrole nitrogens is 1. The SMILES string of the molecule is COc1cc2nc(N3CCc4[nH]nc(C5CC5)c4CC3)nc(N)c2cc1OC. The van der Waals surface area contributed by atoms with Crippen LogP contribution in [-0.4, -0.2) is 47.5 Å². The number of fused-ring (bicyclic) bond motifs is 2. The number of nitrogens with zero attached hydrogens (tertiary/aromatic N) is 4. The number of nitrogens with one attached hydrogen (secondary N) is 1. The summed E-state index contributed by atoms with van der Waals surface area (Å²) in [5, 5.41) is 8.59. The molecule has 5 rings (SSSR count). The Morgan fingerprint density at radius 1 is 1.07 bits per heavy atom. The molecule has 1 aliphatic carbocycles. The molecule has 1 fully saturated rings. The van der Waals surface area contributed by atoms with Gasteiger partial charge in [-0.3, -0.25) is 5.10 Å². The summed E-state index contributed by atoms with van der Waals surface area (Å²) in [4.78, 5) is 11.6. The highest BCUT2D eigenvalue weighted by Gasteiger charge is 2.31. The van der Waals surface area contributed by atoms with Gasteiger partial charge in [-0.1, -0.05) is 0 Å². The molecule has 0 atom stereocenters. The lowest BCUT2D eigenvalue weighted by Crippen LogP contribution is -2.28. The van der Waals surface area contributed by atoms with Gasteiger partial charge in [-0.05, 0) is 30.9 Å². The van der Waals surface area contributed by atoms with E-state index in [1.54, 1.807) is 14.2 Å². The maximum atomic E-state index is 6.26. The molecule has 0 amide bonds. The number of methoxy groups -OCH3 is 2. The minimum atomic E-state index is 0.448. The highest BCUT2D eigenvalue weighted by atomic mass is 16.5. The first kappa shape index (κ1) is 17.1. The zero-order valence-electron chi connectivity index (χ0n) is 16.2. The first-order chi connectivity index (χ1) is 13.7. The van der Waals surface area contributed by atoms with E-state index in [0.29, 0.717) is 29.2 Å². The van der Waals surface area contributed by atoms with Crippen molar-refractivity contribution in [2.24, 2.45) is 0 Å². The lowest BCUT2D eigenvalue weighted by molar-refractivity contribution is 0.356. The van der Waals surface area contributed by atoms with E-state index >= 15 is 0 Å². The highest BCUT2D eigenvalue weighted by molar-refractivity contribution is 5.91. The Morgan fingerprint density at radius 2 is 1.82 bits per heavy atom. The zero-order chi connectivity index (χ0) is 19.3. The van der Waals surface area contributed by atoms with E-state index in [2.05, 4.69) is 20.1 Å². The molecule has 146 valence electrons. The molecular weight excluding hydrogens is 356 g/mol. The minimum absolute atomic E-state index is 0.448. The van der Waals surface area contributed by atoms with Crippen molar-refractivity contribution in [3.63, 3.8) is 0 Å². The van der Waals surface area contributed by atoms with E-state index in [4.69, 9.17) is 20.2 Å². The van der Waals surface area contributed by atoms with Gasteiger partial charge in [-0.2, -0.15) is 10.1 Å². The van der Waals surface area contributed by atoms with Crippen molar-refractivity contribution in [1.82, 2.24) is 20.2 Å². The Labute approximate surface area is 163 Å². The number of rotatable bonds is 4. The van der Waals surface area contributed by atoms with Crippen molar-refractivity contribution in [3.05, 3.63) is 29.1 Å². The molecule has 0 unspecified atom stereocenters. The third-order valence-corrected chi connectivity index (χ3v) is 5.71. The number of ether oxygens (including phenoxy) is 2. The lowest BCUT2D eigenvalue weighted by atomic mass is 10.1. The third kappa shape index (κ3) is 2.80. The van der Waals surface area contributed by atoms with Crippen LogP contribution in [-0.2, 0) is 12.8 Å². The number of nitrogen functional groups attached to an aromatic ring is 1. The number of hydrogen-bond acceptors (Lipinski definition) is 7. The largest absolute Gasteiger partial charge is 0.493 e. The molecule has 8 heteroatoms. The first-order valence-corrected chi connectivity index (χ1v) is 9.68. The molecule has 0 saturated heterocycles. The fourth-order valence-electron chi connectivity index (χ4n) is 4.01. The average Bonchev–Trinajstić information content (AvgIpc) is 3.51. The molecule has 0 radical (unpaired) electrons. The van der Waals surface area contributed by atoms with E-state index < -0.39 is 0 Å². The van der Waals surface area contributed by atoms with Gasteiger partial charge in [-0.15, -0.1) is 0 Å². The number of aromatic amines is 1. The van der Waals surface area contributed by atoms with Crippen molar-refractivity contribution < 1.29 is 9.47 Å². The Morgan fingerprint density at radius 3 is 2.57 bits per heavy atom. The standard InChI is InChI=1S/C20H24N6O2/c1-27-16-9-13-15(10-17(16)28-2)22-20(23-19(13)21)26-7-5-12-14(6-8-26)24-25-18(12)11-3-4-11/h9-11H,3-8H2,1-2H3,(H,24,25)(H2,21,22,23). The highest BCUT2D eigenvalue weighted by Crippen LogP contribution is 2.42. The van der Waals surface area contributed by atoms with Crippen LogP contribution in [0.4, 0.5) is 11.8 Å². The van der Waals surface area contributed by atoms with Crippen molar-refractivity contribution in [2.75, 3.05) is 37.9 Å². The summed E-state index contributed by atoms with van der Waals surface area (Å²) in [5.74, 6) is 3.00. The van der Waals surface area contributed by atoms with Gasteiger partial charge in [0, 0.05) is 42.6 Å². The molecule has 3 heterocycles. The fraction of sp³-hybridized carbons (Fsp3) is 0.450. The second-order valence-corrected chi connectivity index (χ2v) is 7.46. The van der Waals surface area contributed by atoms with Crippen LogP contribution in [0.15, 0.2) is 12.1 Å². The summed E-state index contributed by atoms with van der Waals surface area (Å²) >= 11 is 0. The van der Waals surface area contributed by atoms with Crippen LogP contribution in [0.5, 0.6) is 11.5 Å². The normalized spacial score (nSPS) is 16.7. The van der Waals surface area contributed by atoms with E-state index in [9.17, 15) is 0 Å². The van der Waals surface area contributed by atoms with Crippen molar-refractivity contribution in [2.45, 2.75) is 31.6 Å². The zero-order valence-corrected chi connectivity index (χ0v) is 16.2. The summed E-state index contributed by atoms with van der Waals surface area (Å²) in [6, 6.07) is 3.68. The quantitative estimate of drug-likeness (QED) is 0.717. The Kier molecular flexibility index (Phi) is 3.99. The predicted molar refractivity (Wildman–Crippen MR) is 107 cm³/mol. The fourth-order valence-corrected chi connectivity index (χ4v) is 4.01. The van der Waals surface area contributed by atoms with Gasteiger partial charge < -0.3 is 20.1 Å². The molecule has 1 aromatic carbocycles. The maximum absolute atomic E-state index is 6.26. The summed E-state index contributed by atoms with van der Waals surface area (Å²) in [6.07, 6.45) is 4.38. The molecule has 3 N–H and O–H groups in total. The van der Waals surface area contributed by atoms with Crippen LogP contribution in [0.1, 0.15) is 35.7 Å².